The molecular weight excluding hydrogens is 260 g/mol. The zero-order chi connectivity index (χ0) is 13.4. The Morgan fingerprint density at radius 1 is 1.56 bits per heavy atom. The van der Waals surface area contributed by atoms with Crippen molar-refractivity contribution in [2.75, 3.05) is 25.6 Å². The molecule has 1 aromatic rings. The fraction of sp³-hybridized carbons (Fsp3) is 0.571. The Bertz CT molecular complexity index is 403. The largest absolute Gasteiger partial charge is 0.320 e. The monoisotopic (exact) mass is 282 g/mol. The minimum absolute atomic E-state index is 0.427. The Hall–Kier alpha value is -0.470. The molecule has 0 aromatic carbocycles. The molecule has 1 atom stereocenters. The summed E-state index contributed by atoms with van der Waals surface area (Å²) < 4.78 is 0. The summed E-state index contributed by atoms with van der Waals surface area (Å²) in [6.07, 6.45) is 3.40. The predicted molar refractivity (Wildman–Crippen MR) is 84.2 cm³/mol. The second-order valence-corrected chi connectivity index (χ2v) is 6.33. The third-order valence-corrected chi connectivity index (χ3v) is 4.45. The van der Waals surface area contributed by atoms with Gasteiger partial charge in [-0.25, -0.2) is 0 Å². The van der Waals surface area contributed by atoms with Crippen LogP contribution in [0.2, 0.25) is 0 Å². The van der Waals surface area contributed by atoms with E-state index in [0.717, 1.165) is 12.1 Å². The standard InChI is InChI=1S/C14H22N2S2/c1-12(6-8-17-3)16(2)10-14-9-13(11-18-14)5-4-7-15/h9,11-12H,6-8,10,15H2,1-3H3. The smallest absolute Gasteiger partial charge is 0.0555 e. The second kappa shape index (κ2) is 8.60. The fourth-order valence-corrected chi connectivity index (χ4v) is 3.05. The van der Waals surface area contributed by atoms with Crippen LogP contribution in [0.3, 0.4) is 0 Å². The van der Waals surface area contributed by atoms with E-state index < -0.39 is 0 Å². The first kappa shape index (κ1) is 15.6. The van der Waals surface area contributed by atoms with Crippen molar-refractivity contribution in [1.82, 2.24) is 4.90 Å². The highest BCUT2D eigenvalue weighted by atomic mass is 32.2. The Morgan fingerprint density at radius 2 is 2.33 bits per heavy atom. The molecule has 0 radical (unpaired) electrons. The summed E-state index contributed by atoms with van der Waals surface area (Å²) in [4.78, 5) is 3.78. The van der Waals surface area contributed by atoms with Crippen LogP contribution in [-0.4, -0.2) is 36.5 Å². The first-order chi connectivity index (χ1) is 8.67. The van der Waals surface area contributed by atoms with Crippen LogP contribution < -0.4 is 5.73 Å². The lowest BCUT2D eigenvalue weighted by atomic mass is 10.2. The quantitative estimate of drug-likeness (QED) is 0.813. The lowest BCUT2D eigenvalue weighted by Crippen LogP contribution is -2.28. The minimum atomic E-state index is 0.427. The first-order valence-corrected chi connectivity index (χ1v) is 8.40. The molecule has 1 aromatic heterocycles. The van der Waals surface area contributed by atoms with Crippen LogP contribution in [0, 0.1) is 11.8 Å². The number of hydrogen-bond acceptors (Lipinski definition) is 4. The van der Waals surface area contributed by atoms with Gasteiger partial charge < -0.3 is 5.73 Å². The number of nitrogens with zero attached hydrogens (tertiary/aromatic N) is 1. The highest BCUT2D eigenvalue weighted by molar-refractivity contribution is 7.98. The number of hydrogen-bond donors (Lipinski definition) is 1. The number of rotatable bonds is 6. The molecule has 2 nitrogen and oxygen atoms in total. The van der Waals surface area contributed by atoms with E-state index in [4.69, 9.17) is 5.73 Å². The number of thioether (sulfide) groups is 1. The summed E-state index contributed by atoms with van der Waals surface area (Å²) in [5.74, 6) is 7.19. The van der Waals surface area contributed by atoms with Gasteiger partial charge in [0.15, 0.2) is 0 Å². The molecule has 0 aliphatic heterocycles. The molecule has 0 fully saturated rings. The van der Waals surface area contributed by atoms with Crippen molar-refractivity contribution in [3.8, 4) is 11.8 Å². The van der Waals surface area contributed by atoms with Crippen LogP contribution in [-0.2, 0) is 6.54 Å². The molecule has 2 N–H and O–H groups in total. The van der Waals surface area contributed by atoms with Gasteiger partial charge in [0.1, 0.15) is 0 Å². The summed E-state index contributed by atoms with van der Waals surface area (Å²) in [5.41, 5.74) is 6.46. The van der Waals surface area contributed by atoms with Crippen molar-refractivity contribution in [2.45, 2.75) is 25.9 Å². The second-order valence-electron chi connectivity index (χ2n) is 4.35. The van der Waals surface area contributed by atoms with Crippen molar-refractivity contribution in [3.05, 3.63) is 21.9 Å². The summed E-state index contributed by atoms with van der Waals surface area (Å²) in [5, 5.41) is 2.11. The van der Waals surface area contributed by atoms with Crippen molar-refractivity contribution in [3.63, 3.8) is 0 Å². The maximum absolute atomic E-state index is 5.37. The maximum atomic E-state index is 5.37. The average molecular weight is 282 g/mol. The van der Waals surface area contributed by atoms with Gasteiger partial charge in [0.2, 0.25) is 0 Å². The van der Waals surface area contributed by atoms with E-state index in [0.29, 0.717) is 12.6 Å². The van der Waals surface area contributed by atoms with Crippen molar-refractivity contribution < 1.29 is 0 Å². The molecule has 0 aliphatic rings. The lowest BCUT2D eigenvalue weighted by Gasteiger charge is -2.23. The first-order valence-electron chi connectivity index (χ1n) is 6.13. The highest BCUT2D eigenvalue weighted by Crippen LogP contribution is 2.17. The molecule has 0 saturated heterocycles. The van der Waals surface area contributed by atoms with Gasteiger partial charge in [0.05, 0.1) is 6.54 Å². The SMILES string of the molecule is CSCCC(C)N(C)Cc1cc(C#CCN)cs1. The zero-order valence-electron chi connectivity index (χ0n) is 11.4. The molecule has 18 heavy (non-hydrogen) atoms. The number of nitrogens with two attached hydrogens (primary N) is 1. The van der Waals surface area contributed by atoms with Gasteiger partial charge in [0, 0.05) is 28.4 Å². The van der Waals surface area contributed by atoms with Crippen LogP contribution >= 0.6 is 23.1 Å². The average Bonchev–Trinajstić information content (AvgIpc) is 2.80. The topological polar surface area (TPSA) is 29.3 Å². The van der Waals surface area contributed by atoms with E-state index in [1.165, 1.54) is 17.1 Å². The molecule has 1 rings (SSSR count). The molecule has 0 amide bonds. The maximum Gasteiger partial charge on any atom is 0.0555 e. The summed E-state index contributed by atoms with van der Waals surface area (Å²) in [7, 11) is 2.19. The van der Waals surface area contributed by atoms with Gasteiger partial charge in [-0.05, 0) is 38.5 Å². The molecule has 0 saturated carbocycles. The van der Waals surface area contributed by atoms with Gasteiger partial charge >= 0.3 is 0 Å². The van der Waals surface area contributed by atoms with E-state index in [2.05, 4.69) is 48.4 Å². The normalized spacial score (nSPS) is 12.3. The van der Waals surface area contributed by atoms with E-state index in [9.17, 15) is 0 Å². The third kappa shape index (κ3) is 5.45. The Labute approximate surface area is 119 Å². The van der Waals surface area contributed by atoms with Crippen LogP contribution in [0.1, 0.15) is 23.8 Å². The summed E-state index contributed by atoms with van der Waals surface area (Å²) >= 11 is 3.69. The van der Waals surface area contributed by atoms with Gasteiger partial charge in [-0.15, -0.1) is 11.3 Å². The fourth-order valence-electron chi connectivity index (χ4n) is 1.59. The molecule has 1 heterocycles. The zero-order valence-corrected chi connectivity index (χ0v) is 13.0. The van der Waals surface area contributed by atoms with Gasteiger partial charge in [-0.3, -0.25) is 4.90 Å². The Kier molecular flexibility index (Phi) is 7.45. The minimum Gasteiger partial charge on any atom is -0.320 e. The molecular formula is C14H22N2S2. The van der Waals surface area contributed by atoms with Gasteiger partial charge in [0.25, 0.3) is 0 Å². The molecule has 0 aliphatic carbocycles. The highest BCUT2D eigenvalue weighted by Gasteiger charge is 2.10. The Balaban J connectivity index is 2.48. The molecule has 0 bridgehead atoms. The third-order valence-electron chi connectivity index (χ3n) is 2.89. The van der Waals surface area contributed by atoms with E-state index in [1.807, 2.05) is 11.8 Å². The van der Waals surface area contributed by atoms with Crippen LogP contribution in [0.4, 0.5) is 0 Å². The number of thiophene rings is 1. The lowest BCUT2D eigenvalue weighted by molar-refractivity contribution is 0.247. The van der Waals surface area contributed by atoms with Crippen molar-refractivity contribution in [2.24, 2.45) is 5.73 Å². The molecule has 0 spiro atoms. The molecule has 4 heteroatoms. The Morgan fingerprint density at radius 3 is 3.00 bits per heavy atom. The van der Waals surface area contributed by atoms with Crippen LogP contribution in [0.15, 0.2) is 11.4 Å². The molecule has 1 unspecified atom stereocenters. The van der Waals surface area contributed by atoms with Gasteiger partial charge in [-0.2, -0.15) is 11.8 Å². The van der Waals surface area contributed by atoms with Crippen LogP contribution in [0.5, 0.6) is 0 Å². The molecule has 100 valence electrons. The van der Waals surface area contributed by atoms with Crippen molar-refractivity contribution >= 4 is 23.1 Å². The summed E-state index contributed by atoms with van der Waals surface area (Å²) in [6, 6.07) is 2.80. The van der Waals surface area contributed by atoms with E-state index in [1.54, 1.807) is 11.3 Å². The van der Waals surface area contributed by atoms with Gasteiger partial charge in [-0.1, -0.05) is 11.8 Å². The summed E-state index contributed by atoms with van der Waals surface area (Å²) in [6.45, 7) is 3.72. The van der Waals surface area contributed by atoms with E-state index >= 15 is 0 Å². The van der Waals surface area contributed by atoms with E-state index in [-0.39, 0.29) is 0 Å². The van der Waals surface area contributed by atoms with Crippen molar-refractivity contribution in [1.29, 1.82) is 0 Å². The predicted octanol–water partition coefficient (Wildman–Crippen LogP) is 2.63. The van der Waals surface area contributed by atoms with Crippen LogP contribution in [0.25, 0.3) is 0 Å².